The zero-order valence-electron chi connectivity index (χ0n) is 10.9. The van der Waals surface area contributed by atoms with E-state index in [2.05, 4.69) is 0 Å². The van der Waals surface area contributed by atoms with E-state index in [4.69, 9.17) is 5.26 Å². The zero-order chi connectivity index (χ0) is 14.5. The molecule has 0 aliphatic rings. The lowest BCUT2D eigenvalue weighted by Crippen LogP contribution is -1.98. The summed E-state index contributed by atoms with van der Waals surface area (Å²) < 4.78 is 0. The first kappa shape index (κ1) is 13.8. The number of aryl methyl sites for hydroxylation is 1. The number of phenols is 3. The molecule has 0 radical (unpaired) electrons. The van der Waals surface area contributed by atoms with Crippen LogP contribution in [0.1, 0.15) is 16.7 Å². The molecule has 2 aromatic rings. The molecule has 0 aliphatic carbocycles. The van der Waals surface area contributed by atoms with Crippen molar-refractivity contribution in [1.82, 2.24) is 0 Å². The van der Waals surface area contributed by atoms with Gasteiger partial charge in [0.15, 0.2) is 11.5 Å². The molecule has 2 aromatic carbocycles. The van der Waals surface area contributed by atoms with Crippen LogP contribution < -0.4 is 0 Å². The molecular weight excluding hydrogens is 254 g/mol. The third kappa shape index (κ3) is 3.01. The van der Waals surface area contributed by atoms with Crippen molar-refractivity contribution >= 4 is 0 Å². The van der Waals surface area contributed by atoms with Crippen LogP contribution in [0.5, 0.6) is 17.2 Å². The van der Waals surface area contributed by atoms with E-state index in [1.807, 2.05) is 12.1 Å². The summed E-state index contributed by atoms with van der Waals surface area (Å²) >= 11 is 0. The van der Waals surface area contributed by atoms with Crippen LogP contribution in [0.4, 0.5) is 0 Å². The predicted molar refractivity (Wildman–Crippen MR) is 74.6 cm³/mol. The van der Waals surface area contributed by atoms with E-state index in [1.54, 1.807) is 24.3 Å². The van der Waals surface area contributed by atoms with Crippen molar-refractivity contribution in [3.8, 4) is 23.3 Å². The maximum Gasteiger partial charge on any atom is 0.160 e. The molecular formula is C16H15NO3. The third-order valence-electron chi connectivity index (χ3n) is 3.20. The van der Waals surface area contributed by atoms with E-state index in [0.717, 1.165) is 5.56 Å². The Kier molecular flexibility index (Phi) is 4.11. The summed E-state index contributed by atoms with van der Waals surface area (Å²) in [7, 11) is 0. The smallest absolute Gasteiger partial charge is 0.160 e. The van der Waals surface area contributed by atoms with Gasteiger partial charge in [0.25, 0.3) is 0 Å². The van der Waals surface area contributed by atoms with Gasteiger partial charge in [-0.2, -0.15) is 5.26 Å². The SMILES string of the molecule is N#CCc1ccc(O)c(O)c1CCc1cccc(O)c1. The van der Waals surface area contributed by atoms with E-state index < -0.39 is 0 Å². The molecule has 0 aliphatic heterocycles. The first-order chi connectivity index (χ1) is 9.61. The van der Waals surface area contributed by atoms with Crippen LogP contribution in [0, 0.1) is 11.3 Å². The molecule has 0 heterocycles. The highest BCUT2D eigenvalue weighted by molar-refractivity contribution is 5.50. The molecule has 0 saturated heterocycles. The molecule has 0 aromatic heterocycles. The van der Waals surface area contributed by atoms with Crippen molar-refractivity contribution in [2.75, 3.05) is 0 Å². The minimum atomic E-state index is -0.183. The Morgan fingerprint density at radius 2 is 1.80 bits per heavy atom. The average molecular weight is 269 g/mol. The van der Waals surface area contributed by atoms with E-state index in [-0.39, 0.29) is 23.7 Å². The third-order valence-corrected chi connectivity index (χ3v) is 3.20. The van der Waals surface area contributed by atoms with Crippen LogP contribution in [-0.4, -0.2) is 15.3 Å². The Balaban J connectivity index is 2.24. The summed E-state index contributed by atoms with van der Waals surface area (Å²) in [5.74, 6) is -0.157. The Labute approximate surface area is 117 Å². The number of phenolic OH excluding ortho intramolecular Hbond substituents is 3. The lowest BCUT2D eigenvalue weighted by molar-refractivity contribution is 0.398. The quantitative estimate of drug-likeness (QED) is 0.745. The number of benzene rings is 2. The normalized spacial score (nSPS) is 10.2. The lowest BCUT2D eigenvalue weighted by atomic mass is 9.97. The second-order valence-electron chi connectivity index (χ2n) is 4.58. The number of hydrogen-bond donors (Lipinski definition) is 3. The van der Waals surface area contributed by atoms with Crippen LogP contribution in [-0.2, 0) is 19.3 Å². The molecule has 0 spiro atoms. The predicted octanol–water partition coefficient (Wildman–Crippen LogP) is 2.65. The first-order valence-corrected chi connectivity index (χ1v) is 6.29. The fourth-order valence-corrected chi connectivity index (χ4v) is 2.18. The zero-order valence-corrected chi connectivity index (χ0v) is 10.9. The molecule has 2 rings (SSSR count). The molecule has 102 valence electrons. The van der Waals surface area contributed by atoms with Crippen LogP contribution in [0.3, 0.4) is 0 Å². The highest BCUT2D eigenvalue weighted by Gasteiger charge is 2.12. The molecule has 0 bridgehead atoms. The number of hydrogen-bond acceptors (Lipinski definition) is 4. The number of rotatable bonds is 4. The lowest BCUT2D eigenvalue weighted by Gasteiger charge is -2.11. The van der Waals surface area contributed by atoms with Crippen LogP contribution in [0.15, 0.2) is 36.4 Å². The van der Waals surface area contributed by atoms with Crippen LogP contribution in [0.2, 0.25) is 0 Å². The van der Waals surface area contributed by atoms with Gasteiger partial charge in [-0.05, 0) is 42.2 Å². The maximum atomic E-state index is 9.93. The maximum absolute atomic E-state index is 9.93. The highest BCUT2D eigenvalue weighted by Crippen LogP contribution is 2.32. The second kappa shape index (κ2) is 5.98. The highest BCUT2D eigenvalue weighted by atomic mass is 16.3. The molecule has 0 atom stereocenters. The van der Waals surface area contributed by atoms with Crippen molar-refractivity contribution in [3.63, 3.8) is 0 Å². The standard InChI is InChI=1S/C16H15NO3/c17-9-8-12-5-7-15(19)16(20)14(12)6-4-11-2-1-3-13(18)10-11/h1-3,5,7,10,18-20H,4,6,8H2. The minimum Gasteiger partial charge on any atom is -0.508 e. The summed E-state index contributed by atoms with van der Waals surface area (Å²) in [5.41, 5.74) is 2.22. The van der Waals surface area contributed by atoms with Gasteiger partial charge in [0.05, 0.1) is 12.5 Å². The Bertz CT molecular complexity index is 659. The fourth-order valence-electron chi connectivity index (χ4n) is 2.18. The van der Waals surface area contributed by atoms with Gasteiger partial charge in [-0.1, -0.05) is 18.2 Å². The molecule has 0 saturated carbocycles. The van der Waals surface area contributed by atoms with Gasteiger partial charge < -0.3 is 15.3 Å². The largest absolute Gasteiger partial charge is 0.508 e. The van der Waals surface area contributed by atoms with E-state index in [0.29, 0.717) is 24.0 Å². The van der Waals surface area contributed by atoms with Gasteiger partial charge in [-0.3, -0.25) is 0 Å². The van der Waals surface area contributed by atoms with Gasteiger partial charge in [0, 0.05) is 5.56 Å². The summed E-state index contributed by atoms with van der Waals surface area (Å²) in [4.78, 5) is 0. The molecule has 0 amide bonds. The molecule has 0 unspecified atom stereocenters. The molecule has 4 nitrogen and oxygen atoms in total. The summed E-state index contributed by atoms with van der Waals surface area (Å²) in [6.45, 7) is 0. The molecule has 4 heteroatoms. The second-order valence-corrected chi connectivity index (χ2v) is 4.58. The van der Waals surface area contributed by atoms with Gasteiger partial charge in [0.2, 0.25) is 0 Å². The Hall–Kier alpha value is -2.67. The molecule has 0 fully saturated rings. The first-order valence-electron chi connectivity index (χ1n) is 6.29. The topological polar surface area (TPSA) is 84.5 Å². The molecule has 20 heavy (non-hydrogen) atoms. The van der Waals surface area contributed by atoms with Crippen LogP contribution in [0.25, 0.3) is 0 Å². The van der Waals surface area contributed by atoms with Crippen LogP contribution >= 0.6 is 0 Å². The van der Waals surface area contributed by atoms with Gasteiger partial charge in [0.1, 0.15) is 5.75 Å². The summed E-state index contributed by atoms with van der Waals surface area (Å²) in [6.07, 6.45) is 1.27. The monoisotopic (exact) mass is 269 g/mol. The van der Waals surface area contributed by atoms with Crippen molar-refractivity contribution in [2.45, 2.75) is 19.3 Å². The Morgan fingerprint density at radius 3 is 2.50 bits per heavy atom. The Morgan fingerprint density at radius 1 is 1.00 bits per heavy atom. The van der Waals surface area contributed by atoms with E-state index >= 15 is 0 Å². The number of nitrogens with zero attached hydrogens (tertiary/aromatic N) is 1. The average Bonchev–Trinajstić information content (AvgIpc) is 2.43. The van der Waals surface area contributed by atoms with Gasteiger partial charge >= 0.3 is 0 Å². The van der Waals surface area contributed by atoms with Crippen molar-refractivity contribution < 1.29 is 15.3 Å². The molecule has 3 N–H and O–H groups in total. The van der Waals surface area contributed by atoms with Crippen molar-refractivity contribution in [3.05, 3.63) is 53.1 Å². The fraction of sp³-hybridized carbons (Fsp3) is 0.188. The van der Waals surface area contributed by atoms with Gasteiger partial charge in [-0.25, -0.2) is 0 Å². The summed E-state index contributed by atoms with van der Waals surface area (Å²) in [6, 6.07) is 12.0. The van der Waals surface area contributed by atoms with E-state index in [1.165, 1.54) is 6.07 Å². The number of nitriles is 1. The van der Waals surface area contributed by atoms with Crippen molar-refractivity contribution in [1.29, 1.82) is 5.26 Å². The van der Waals surface area contributed by atoms with Crippen molar-refractivity contribution in [2.24, 2.45) is 0 Å². The van der Waals surface area contributed by atoms with Gasteiger partial charge in [-0.15, -0.1) is 0 Å². The number of aromatic hydroxyl groups is 3. The minimum absolute atomic E-state index is 0.169. The summed E-state index contributed by atoms with van der Waals surface area (Å²) in [5, 5.41) is 37.7. The van der Waals surface area contributed by atoms with E-state index in [9.17, 15) is 15.3 Å².